The van der Waals surface area contributed by atoms with E-state index < -0.39 is 0 Å². The van der Waals surface area contributed by atoms with Gasteiger partial charge in [0.25, 0.3) is 0 Å². The van der Waals surface area contributed by atoms with Crippen LogP contribution in [0.3, 0.4) is 0 Å². The van der Waals surface area contributed by atoms with Crippen molar-refractivity contribution in [3.8, 4) is 0 Å². The molecule has 2 amide bonds. The lowest BCUT2D eigenvalue weighted by atomic mass is 10.1. The van der Waals surface area contributed by atoms with Crippen molar-refractivity contribution in [3.63, 3.8) is 0 Å². The van der Waals surface area contributed by atoms with Crippen LogP contribution in [-0.4, -0.2) is 38.0 Å². The molecule has 7 nitrogen and oxygen atoms in total. The lowest BCUT2D eigenvalue weighted by Gasteiger charge is -2.17. The zero-order valence-electron chi connectivity index (χ0n) is 14.6. The topological polar surface area (TPSA) is 80.1 Å². The number of hydrogen-bond donors (Lipinski definition) is 1. The summed E-state index contributed by atoms with van der Waals surface area (Å²) in [5, 5.41) is 10.7. The Kier molecular flexibility index (Phi) is 5.11. The highest BCUT2D eigenvalue weighted by Gasteiger charge is 2.34. The minimum atomic E-state index is -0.309. The molecule has 132 valence electrons. The highest BCUT2D eigenvalue weighted by atomic mass is 16.2. The summed E-state index contributed by atoms with van der Waals surface area (Å²) in [5.74, 6) is 0.329. The van der Waals surface area contributed by atoms with Crippen molar-refractivity contribution in [2.45, 2.75) is 39.9 Å². The third-order valence-electron chi connectivity index (χ3n) is 4.54. The molecule has 1 aliphatic heterocycles. The third-order valence-corrected chi connectivity index (χ3v) is 4.54. The van der Waals surface area contributed by atoms with E-state index in [-0.39, 0.29) is 24.2 Å². The molecule has 1 aromatic heterocycles. The summed E-state index contributed by atoms with van der Waals surface area (Å²) in [6.07, 6.45) is 1.90. The number of amides is 2. The second-order valence-corrected chi connectivity index (χ2v) is 6.41. The minimum absolute atomic E-state index is 0.0254. The molecule has 0 spiro atoms. The smallest absolute Gasteiger partial charge is 0.225 e. The predicted molar refractivity (Wildman–Crippen MR) is 92.2 cm³/mol. The predicted octanol–water partition coefficient (Wildman–Crippen LogP) is 1.27. The fourth-order valence-corrected chi connectivity index (χ4v) is 3.00. The van der Waals surface area contributed by atoms with Crippen LogP contribution < -0.4 is 5.32 Å². The molecule has 1 saturated heterocycles. The Bertz CT molecular complexity index is 753. The molecular formula is C18H23N5O2. The van der Waals surface area contributed by atoms with Crippen molar-refractivity contribution in [1.82, 2.24) is 25.0 Å². The Balaban J connectivity index is 1.54. The van der Waals surface area contributed by atoms with E-state index in [4.69, 9.17) is 0 Å². The third kappa shape index (κ3) is 4.04. The fourth-order valence-electron chi connectivity index (χ4n) is 3.00. The maximum Gasteiger partial charge on any atom is 0.225 e. The van der Waals surface area contributed by atoms with Crippen LogP contribution in [0.4, 0.5) is 0 Å². The average Bonchev–Trinajstić information content (AvgIpc) is 3.21. The number of carbonyl (C=O) groups excluding carboxylic acids is 2. The summed E-state index contributed by atoms with van der Waals surface area (Å²) in [5.41, 5.74) is 2.27. The highest BCUT2D eigenvalue weighted by molar-refractivity contribution is 5.89. The first-order valence-corrected chi connectivity index (χ1v) is 8.54. The number of aryl methyl sites for hydroxylation is 2. The molecular weight excluding hydrogens is 318 g/mol. The number of aromatic nitrogens is 3. The van der Waals surface area contributed by atoms with Crippen LogP contribution in [0.2, 0.25) is 0 Å². The van der Waals surface area contributed by atoms with E-state index in [1.165, 1.54) is 5.56 Å². The van der Waals surface area contributed by atoms with Crippen LogP contribution in [-0.2, 0) is 29.2 Å². The largest absolute Gasteiger partial charge is 0.348 e. The lowest BCUT2D eigenvalue weighted by molar-refractivity contribution is -0.129. The number of nitrogens with zero attached hydrogens (tertiary/aromatic N) is 4. The SMILES string of the molecule is CCn1cnnc1CNC(=O)[C@@H]1CC(=O)N(Cc2ccc(C)cc2)C1. The number of hydrogen-bond acceptors (Lipinski definition) is 4. The minimum Gasteiger partial charge on any atom is -0.348 e. The molecule has 1 aromatic carbocycles. The summed E-state index contributed by atoms with van der Waals surface area (Å²) in [4.78, 5) is 26.3. The Hall–Kier alpha value is -2.70. The van der Waals surface area contributed by atoms with Gasteiger partial charge < -0.3 is 14.8 Å². The van der Waals surface area contributed by atoms with Crippen LogP contribution in [0.5, 0.6) is 0 Å². The van der Waals surface area contributed by atoms with Crippen molar-refractivity contribution in [2.75, 3.05) is 6.54 Å². The maximum atomic E-state index is 12.4. The van der Waals surface area contributed by atoms with Gasteiger partial charge >= 0.3 is 0 Å². The van der Waals surface area contributed by atoms with Crippen molar-refractivity contribution in [3.05, 3.63) is 47.5 Å². The van der Waals surface area contributed by atoms with Gasteiger partial charge in [-0.05, 0) is 19.4 Å². The van der Waals surface area contributed by atoms with Crippen LogP contribution in [0.1, 0.15) is 30.3 Å². The van der Waals surface area contributed by atoms with Crippen LogP contribution in [0, 0.1) is 12.8 Å². The molecule has 25 heavy (non-hydrogen) atoms. The summed E-state index contributed by atoms with van der Waals surface area (Å²) in [6, 6.07) is 8.11. The maximum absolute atomic E-state index is 12.4. The van der Waals surface area contributed by atoms with Gasteiger partial charge in [0.1, 0.15) is 6.33 Å². The fraction of sp³-hybridized carbons (Fsp3) is 0.444. The summed E-state index contributed by atoms with van der Waals surface area (Å²) >= 11 is 0. The zero-order valence-corrected chi connectivity index (χ0v) is 14.6. The van der Waals surface area contributed by atoms with E-state index >= 15 is 0 Å². The van der Waals surface area contributed by atoms with Crippen molar-refractivity contribution < 1.29 is 9.59 Å². The molecule has 2 heterocycles. The Labute approximate surface area is 147 Å². The quantitative estimate of drug-likeness (QED) is 0.858. The van der Waals surface area contributed by atoms with E-state index in [2.05, 4.69) is 15.5 Å². The molecule has 2 aromatic rings. The van der Waals surface area contributed by atoms with Gasteiger partial charge in [0.2, 0.25) is 11.8 Å². The van der Waals surface area contributed by atoms with Gasteiger partial charge in [-0.3, -0.25) is 9.59 Å². The van der Waals surface area contributed by atoms with E-state index in [1.807, 2.05) is 42.7 Å². The van der Waals surface area contributed by atoms with E-state index in [0.29, 0.717) is 19.6 Å². The number of benzene rings is 1. The first kappa shape index (κ1) is 17.1. The van der Waals surface area contributed by atoms with Gasteiger partial charge in [0.05, 0.1) is 12.5 Å². The standard InChI is InChI=1S/C18H23N5O2/c1-3-22-12-20-21-16(22)9-19-18(25)15-8-17(24)23(11-15)10-14-6-4-13(2)5-7-14/h4-7,12,15H,3,8-11H2,1-2H3,(H,19,25)/t15-/m1/s1. The lowest BCUT2D eigenvalue weighted by Crippen LogP contribution is -2.33. The van der Waals surface area contributed by atoms with Crippen molar-refractivity contribution >= 4 is 11.8 Å². The van der Waals surface area contributed by atoms with Gasteiger partial charge in [-0.1, -0.05) is 29.8 Å². The molecule has 3 rings (SSSR count). The molecule has 0 saturated carbocycles. The van der Waals surface area contributed by atoms with Gasteiger partial charge in [-0.25, -0.2) is 0 Å². The molecule has 7 heteroatoms. The Morgan fingerprint density at radius 1 is 1.32 bits per heavy atom. The molecule has 1 fully saturated rings. The van der Waals surface area contributed by atoms with Gasteiger partial charge in [-0.15, -0.1) is 10.2 Å². The molecule has 1 aliphatic rings. The summed E-state index contributed by atoms with van der Waals surface area (Å²) < 4.78 is 1.88. The number of rotatable bonds is 6. The molecule has 0 aliphatic carbocycles. The highest BCUT2D eigenvalue weighted by Crippen LogP contribution is 2.20. The Morgan fingerprint density at radius 2 is 2.08 bits per heavy atom. The number of carbonyl (C=O) groups is 2. The van der Waals surface area contributed by atoms with Gasteiger partial charge in [0, 0.05) is 26.1 Å². The molecule has 0 radical (unpaired) electrons. The van der Waals surface area contributed by atoms with Crippen LogP contribution in [0.25, 0.3) is 0 Å². The van der Waals surface area contributed by atoms with Gasteiger partial charge in [-0.2, -0.15) is 0 Å². The first-order valence-electron chi connectivity index (χ1n) is 8.54. The van der Waals surface area contributed by atoms with Gasteiger partial charge in [0.15, 0.2) is 5.82 Å². The molecule has 1 N–H and O–H groups in total. The number of nitrogens with one attached hydrogen (secondary N) is 1. The summed E-state index contributed by atoms with van der Waals surface area (Å²) in [6.45, 7) is 6.11. The normalized spacial score (nSPS) is 17.1. The first-order chi connectivity index (χ1) is 12.1. The second-order valence-electron chi connectivity index (χ2n) is 6.41. The number of likely N-dealkylation sites (tertiary alicyclic amines) is 1. The summed E-state index contributed by atoms with van der Waals surface area (Å²) in [7, 11) is 0. The van der Waals surface area contributed by atoms with Crippen LogP contribution >= 0.6 is 0 Å². The molecule has 0 unspecified atom stereocenters. The molecule has 1 atom stereocenters. The monoisotopic (exact) mass is 341 g/mol. The van der Waals surface area contributed by atoms with E-state index in [1.54, 1.807) is 11.2 Å². The van der Waals surface area contributed by atoms with E-state index in [0.717, 1.165) is 17.9 Å². The molecule has 0 bridgehead atoms. The van der Waals surface area contributed by atoms with E-state index in [9.17, 15) is 9.59 Å². The van der Waals surface area contributed by atoms with Crippen LogP contribution in [0.15, 0.2) is 30.6 Å². The zero-order chi connectivity index (χ0) is 17.8. The average molecular weight is 341 g/mol. The van der Waals surface area contributed by atoms with Crippen molar-refractivity contribution in [2.24, 2.45) is 5.92 Å². The van der Waals surface area contributed by atoms with Crippen molar-refractivity contribution in [1.29, 1.82) is 0 Å². The Morgan fingerprint density at radius 3 is 2.80 bits per heavy atom. The second kappa shape index (κ2) is 7.46.